The van der Waals surface area contributed by atoms with Crippen LogP contribution in [0.4, 0.5) is 0 Å². The molecule has 6 heteroatoms. The molecule has 1 N–H and O–H groups in total. The van der Waals surface area contributed by atoms with E-state index in [0.717, 1.165) is 19.6 Å². The fourth-order valence-corrected chi connectivity index (χ4v) is 3.64. The van der Waals surface area contributed by atoms with Gasteiger partial charge in [0.05, 0.1) is 6.61 Å². The molecule has 0 amide bonds. The molecule has 1 heterocycles. The van der Waals surface area contributed by atoms with Crippen molar-refractivity contribution in [3.05, 3.63) is 65.7 Å². The lowest BCUT2D eigenvalue weighted by Gasteiger charge is -2.37. The number of ether oxygens (including phenoxy) is 1. The van der Waals surface area contributed by atoms with Gasteiger partial charge in [0, 0.05) is 44.7 Å². The Morgan fingerprint density at radius 3 is 2.24 bits per heavy atom. The monoisotopic (exact) mass is 396 g/mol. The van der Waals surface area contributed by atoms with Crippen molar-refractivity contribution in [3.8, 4) is 5.75 Å². The number of hydrogen-bond donors (Lipinski definition) is 1. The molecule has 2 aromatic carbocycles. The number of nitrogens with zero attached hydrogens (tertiary/aromatic N) is 2. The van der Waals surface area contributed by atoms with E-state index in [1.54, 1.807) is 24.3 Å². The first kappa shape index (κ1) is 21.0. The quantitative estimate of drug-likeness (QED) is 0.657. The number of carbonyl (C=O) groups excluding carboxylic acids is 1. The SMILES string of the molecule is CCOc1ccc(C(=O)C[C@H](C(=O)O)N2CCN(Cc3ccccc3)CC2)cc1. The molecule has 0 aromatic heterocycles. The lowest BCUT2D eigenvalue weighted by Crippen LogP contribution is -2.52. The second-order valence-corrected chi connectivity index (χ2v) is 7.24. The zero-order valence-corrected chi connectivity index (χ0v) is 16.8. The summed E-state index contributed by atoms with van der Waals surface area (Å²) < 4.78 is 5.39. The smallest absolute Gasteiger partial charge is 0.321 e. The van der Waals surface area contributed by atoms with E-state index in [4.69, 9.17) is 4.74 Å². The Hall–Kier alpha value is -2.70. The molecule has 1 aliphatic heterocycles. The van der Waals surface area contributed by atoms with Gasteiger partial charge < -0.3 is 9.84 Å². The first-order valence-corrected chi connectivity index (χ1v) is 10.1. The van der Waals surface area contributed by atoms with Crippen LogP contribution in [0.25, 0.3) is 0 Å². The molecule has 2 aromatic rings. The van der Waals surface area contributed by atoms with Crippen LogP contribution in [0.1, 0.15) is 29.3 Å². The Labute approximate surface area is 171 Å². The molecule has 0 bridgehead atoms. The van der Waals surface area contributed by atoms with Crippen molar-refractivity contribution in [3.63, 3.8) is 0 Å². The number of Topliss-reactive ketones (excluding diaryl/α,β-unsaturated/α-hetero) is 1. The summed E-state index contributed by atoms with van der Waals surface area (Å²) in [6, 6.07) is 16.3. The highest BCUT2D eigenvalue weighted by molar-refractivity contribution is 5.98. The third kappa shape index (κ3) is 5.89. The van der Waals surface area contributed by atoms with Gasteiger partial charge in [-0.2, -0.15) is 0 Å². The van der Waals surface area contributed by atoms with Gasteiger partial charge in [0.25, 0.3) is 0 Å². The number of piperazine rings is 1. The molecule has 0 aliphatic carbocycles. The standard InChI is InChI=1S/C23H28N2O4/c1-2-29-20-10-8-19(9-11-20)22(26)16-21(23(27)28)25-14-12-24(13-15-25)17-18-6-4-3-5-7-18/h3-11,21H,2,12-17H2,1H3,(H,27,28)/t21-/m1/s1. The van der Waals surface area contributed by atoms with E-state index < -0.39 is 12.0 Å². The van der Waals surface area contributed by atoms with Gasteiger partial charge in [-0.05, 0) is 36.8 Å². The van der Waals surface area contributed by atoms with Crippen LogP contribution in [0.5, 0.6) is 5.75 Å². The van der Waals surface area contributed by atoms with Gasteiger partial charge in [0.1, 0.15) is 11.8 Å². The summed E-state index contributed by atoms with van der Waals surface area (Å²) in [7, 11) is 0. The number of ketones is 1. The normalized spacial score (nSPS) is 16.3. The summed E-state index contributed by atoms with van der Waals surface area (Å²) in [5, 5.41) is 9.71. The average molecular weight is 396 g/mol. The van der Waals surface area contributed by atoms with Crippen LogP contribution < -0.4 is 4.74 Å². The van der Waals surface area contributed by atoms with Gasteiger partial charge in [-0.1, -0.05) is 30.3 Å². The first-order valence-electron chi connectivity index (χ1n) is 10.1. The van der Waals surface area contributed by atoms with Gasteiger partial charge in [-0.25, -0.2) is 0 Å². The van der Waals surface area contributed by atoms with Crippen molar-refractivity contribution >= 4 is 11.8 Å². The first-order chi connectivity index (χ1) is 14.1. The molecule has 1 fully saturated rings. The zero-order chi connectivity index (χ0) is 20.6. The molecule has 0 saturated carbocycles. The summed E-state index contributed by atoms with van der Waals surface area (Å²) in [5.74, 6) is -0.402. The van der Waals surface area contributed by atoms with Crippen LogP contribution in [0.2, 0.25) is 0 Å². The molecule has 0 radical (unpaired) electrons. The molecule has 3 rings (SSSR count). The summed E-state index contributed by atoms with van der Waals surface area (Å²) in [6.07, 6.45) is -0.0258. The Kier molecular flexibility index (Phi) is 7.38. The van der Waals surface area contributed by atoms with E-state index in [2.05, 4.69) is 17.0 Å². The van der Waals surface area contributed by atoms with Crippen LogP contribution in [-0.2, 0) is 11.3 Å². The Bertz CT molecular complexity index is 799. The Morgan fingerprint density at radius 2 is 1.66 bits per heavy atom. The molecule has 6 nitrogen and oxygen atoms in total. The van der Waals surface area contributed by atoms with Gasteiger partial charge in [-0.3, -0.25) is 19.4 Å². The van der Waals surface area contributed by atoms with Crippen molar-refractivity contribution in [2.45, 2.75) is 25.9 Å². The number of carbonyl (C=O) groups is 2. The molecule has 154 valence electrons. The number of benzene rings is 2. The maximum Gasteiger partial charge on any atom is 0.321 e. The fourth-order valence-electron chi connectivity index (χ4n) is 3.64. The number of aliphatic carboxylic acids is 1. The molecule has 0 spiro atoms. The summed E-state index contributed by atoms with van der Waals surface area (Å²) in [6.45, 7) is 6.17. The van der Waals surface area contributed by atoms with E-state index in [1.165, 1.54) is 5.56 Å². The minimum Gasteiger partial charge on any atom is -0.494 e. The second-order valence-electron chi connectivity index (χ2n) is 7.24. The Morgan fingerprint density at radius 1 is 1.00 bits per heavy atom. The van der Waals surface area contributed by atoms with Crippen molar-refractivity contribution in [2.75, 3.05) is 32.8 Å². The Balaban J connectivity index is 1.56. The molecule has 1 aliphatic rings. The highest BCUT2D eigenvalue weighted by atomic mass is 16.5. The molecular weight excluding hydrogens is 368 g/mol. The van der Waals surface area contributed by atoms with Crippen LogP contribution in [0.15, 0.2) is 54.6 Å². The van der Waals surface area contributed by atoms with Crippen LogP contribution >= 0.6 is 0 Å². The molecule has 29 heavy (non-hydrogen) atoms. The predicted octanol–water partition coefficient (Wildman–Crippen LogP) is 2.93. The molecular formula is C23H28N2O4. The van der Waals surface area contributed by atoms with E-state index in [9.17, 15) is 14.7 Å². The number of carboxylic acids is 1. The van der Waals surface area contributed by atoms with Crippen molar-refractivity contribution in [1.82, 2.24) is 9.80 Å². The highest BCUT2D eigenvalue weighted by Crippen LogP contribution is 2.17. The maximum absolute atomic E-state index is 12.6. The van der Waals surface area contributed by atoms with Crippen molar-refractivity contribution < 1.29 is 19.4 Å². The maximum atomic E-state index is 12.6. The highest BCUT2D eigenvalue weighted by Gasteiger charge is 2.31. The fraction of sp³-hybridized carbons (Fsp3) is 0.391. The van der Waals surface area contributed by atoms with E-state index in [1.807, 2.05) is 30.0 Å². The van der Waals surface area contributed by atoms with Crippen LogP contribution in [0, 0.1) is 0 Å². The van der Waals surface area contributed by atoms with Gasteiger partial charge in [0.2, 0.25) is 0 Å². The number of rotatable bonds is 9. The summed E-state index contributed by atoms with van der Waals surface area (Å²) in [5.41, 5.74) is 1.77. The van der Waals surface area contributed by atoms with E-state index in [-0.39, 0.29) is 12.2 Å². The van der Waals surface area contributed by atoms with Crippen molar-refractivity contribution in [1.29, 1.82) is 0 Å². The zero-order valence-electron chi connectivity index (χ0n) is 16.8. The van der Waals surface area contributed by atoms with Crippen LogP contribution in [0.3, 0.4) is 0 Å². The molecule has 1 saturated heterocycles. The van der Waals surface area contributed by atoms with Crippen molar-refractivity contribution in [2.24, 2.45) is 0 Å². The second kappa shape index (κ2) is 10.2. The van der Waals surface area contributed by atoms with Crippen LogP contribution in [-0.4, -0.2) is 65.5 Å². The minimum atomic E-state index is -0.944. The van der Waals surface area contributed by atoms with Gasteiger partial charge in [0.15, 0.2) is 5.78 Å². The largest absolute Gasteiger partial charge is 0.494 e. The number of carboxylic acid groups (broad SMARTS) is 1. The average Bonchev–Trinajstić information content (AvgIpc) is 2.74. The third-order valence-electron chi connectivity index (χ3n) is 5.25. The molecule has 0 unspecified atom stereocenters. The lowest BCUT2D eigenvalue weighted by atomic mass is 10.0. The predicted molar refractivity (Wildman–Crippen MR) is 111 cm³/mol. The van der Waals surface area contributed by atoms with Gasteiger partial charge >= 0.3 is 5.97 Å². The summed E-state index contributed by atoms with van der Waals surface area (Å²) in [4.78, 5) is 28.7. The van der Waals surface area contributed by atoms with Gasteiger partial charge in [-0.15, -0.1) is 0 Å². The number of hydrogen-bond acceptors (Lipinski definition) is 5. The summed E-state index contributed by atoms with van der Waals surface area (Å²) >= 11 is 0. The third-order valence-corrected chi connectivity index (χ3v) is 5.25. The lowest BCUT2D eigenvalue weighted by molar-refractivity contribution is -0.144. The van der Waals surface area contributed by atoms with E-state index >= 15 is 0 Å². The molecule has 1 atom stereocenters. The topological polar surface area (TPSA) is 70.1 Å². The van der Waals surface area contributed by atoms with E-state index in [0.29, 0.717) is 31.0 Å². The minimum absolute atomic E-state index is 0.0258.